The van der Waals surface area contributed by atoms with Gasteiger partial charge in [-0.25, -0.2) is 9.97 Å². The van der Waals surface area contributed by atoms with E-state index in [4.69, 9.17) is 0 Å². The van der Waals surface area contributed by atoms with Crippen LogP contribution < -0.4 is 10.2 Å². The van der Waals surface area contributed by atoms with E-state index in [1.54, 1.807) is 0 Å². The van der Waals surface area contributed by atoms with E-state index >= 15 is 0 Å². The van der Waals surface area contributed by atoms with E-state index in [1.807, 2.05) is 55.5 Å². The van der Waals surface area contributed by atoms with Crippen molar-refractivity contribution in [3.05, 3.63) is 65.6 Å². The zero-order valence-corrected chi connectivity index (χ0v) is 14.9. The molecule has 5 nitrogen and oxygen atoms in total. The summed E-state index contributed by atoms with van der Waals surface area (Å²) in [6.07, 6.45) is 2.41. The molecule has 1 aromatic heterocycles. The molecule has 2 heterocycles. The Morgan fingerprint density at radius 2 is 1.85 bits per heavy atom. The lowest BCUT2D eigenvalue weighted by Gasteiger charge is -2.17. The second-order valence-corrected chi connectivity index (χ2v) is 6.69. The number of hydrogen-bond acceptors (Lipinski definition) is 4. The van der Waals surface area contributed by atoms with Gasteiger partial charge in [0.25, 0.3) is 5.91 Å². The van der Waals surface area contributed by atoms with E-state index in [9.17, 15) is 4.79 Å². The number of nitrogens with one attached hydrogen (secondary N) is 1. The Kier molecular flexibility index (Phi) is 4.52. The van der Waals surface area contributed by atoms with Gasteiger partial charge in [-0.3, -0.25) is 4.79 Å². The molecule has 0 spiro atoms. The Hall–Kier alpha value is -2.95. The standard InChI is InChI=1S/C21H22N4O/c1-15-13-20(25-11-4-5-12-25)24-19(23-15)14-22-21(26)18-10-6-8-16-7-2-3-9-17(16)18/h2-3,6-10,13H,4-5,11-12,14H2,1H3,(H,22,26). The average molecular weight is 346 g/mol. The number of amides is 1. The summed E-state index contributed by atoms with van der Waals surface area (Å²) in [6.45, 7) is 4.37. The molecule has 1 aliphatic rings. The maximum absolute atomic E-state index is 12.7. The monoisotopic (exact) mass is 346 g/mol. The molecule has 4 rings (SSSR count). The summed E-state index contributed by atoms with van der Waals surface area (Å²) in [4.78, 5) is 24.1. The van der Waals surface area contributed by atoms with Crippen molar-refractivity contribution >= 4 is 22.5 Å². The third kappa shape index (κ3) is 3.38. The van der Waals surface area contributed by atoms with Gasteiger partial charge in [0.05, 0.1) is 6.54 Å². The lowest BCUT2D eigenvalue weighted by Crippen LogP contribution is -2.25. The lowest BCUT2D eigenvalue weighted by atomic mass is 10.0. The Balaban J connectivity index is 1.52. The summed E-state index contributed by atoms with van der Waals surface area (Å²) in [5, 5.41) is 4.98. The van der Waals surface area contributed by atoms with Gasteiger partial charge in [-0.15, -0.1) is 0 Å². The van der Waals surface area contributed by atoms with Crippen LogP contribution in [-0.4, -0.2) is 29.0 Å². The highest BCUT2D eigenvalue weighted by molar-refractivity contribution is 6.06. The lowest BCUT2D eigenvalue weighted by molar-refractivity contribution is 0.0951. The fraction of sp³-hybridized carbons (Fsp3) is 0.286. The molecular weight excluding hydrogens is 324 g/mol. The van der Waals surface area contributed by atoms with Crippen molar-refractivity contribution in [1.82, 2.24) is 15.3 Å². The van der Waals surface area contributed by atoms with Crippen molar-refractivity contribution in [2.45, 2.75) is 26.3 Å². The highest BCUT2D eigenvalue weighted by Gasteiger charge is 2.16. The maximum Gasteiger partial charge on any atom is 0.252 e. The Bertz CT molecular complexity index is 942. The van der Waals surface area contributed by atoms with Crippen molar-refractivity contribution in [1.29, 1.82) is 0 Å². The maximum atomic E-state index is 12.7. The van der Waals surface area contributed by atoms with Crippen LogP contribution in [0, 0.1) is 6.92 Å². The quantitative estimate of drug-likeness (QED) is 0.786. The molecule has 0 bridgehead atoms. The highest BCUT2D eigenvalue weighted by Crippen LogP contribution is 2.20. The van der Waals surface area contributed by atoms with Gasteiger partial charge in [-0.05, 0) is 36.6 Å². The van der Waals surface area contributed by atoms with Crippen LogP contribution in [0.2, 0.25) is 0 Å². The van der Waals surface area contributed by atoms with Gasteiger partial charge in [0.15, 0.2) is 0 Å². The summed E-state index contributed by atoms with van der Waals surface area (Å²) in [5.41, 5.74) is 1.60. The first-order chi connectivity index (χ1) is 12.7. The average Bonchev–Trinajstić information content (AvgIpc) is 3.20. The second kappa shape index (κ2) is 7.12. The van der Waals surface area contributed by atoms with E-state index < -0.39 is 0 Å². The fourth-order valence-electron chi connectivity index (χ4n) is 3.48. The van der Waals surface area contributed by atoms with Crippen molar-refractivity contribution in [3.8, 4) is 0 Å². The summed E-state index contributed by atoms with van der Waals surface area (Å²) >= 11 is 0. The van der Waals surface area contributed by atoms with Crippen LogP contribution in [0.4, 0.5) is 5.82 Å². The third-order valence-corrected chi connectivity index (χ3v) is 4.76. The zero-order valence-electron chi connectivity index (χ0n) is 14.9. The third-order valence-electron chi connectivity index (χ3n) is 4.76. The summed E-state index contributed by atoms with van der Waals surface area (Å²) in [6, 6.07) is 15.7. The fourth-order valence-corrected chi connectivity index (χ4v) is 3.48. The van der Waals surface area contributed by atoms with Crippen LogP contribution in [0.5, 0.6) is 0 Å². The number of fused-ring (bicyclic) bond motifs is 1. The SMILES string of the molecule is Cc1cc(N2CCCC2)nc(CNC(=O)c2cccc3ccccc23)n1. The smallest absolute Gasteiger partial charge is 0.252 e. The summed E-state index contributed by atoms with van der Waals surface area (Å²) in [7, 11) is 0. The Morgan fingerprint density at radius 3 is 2.69 bits per heavy atom. The molecule has 132 valence electrons. The number of carbonyl (C=O) groups is 1. The molecule has 2 aromatic carbocycles. The molecule has 3 aromatic rings. The molecule has 1 N–H and O–H groups in total. The van der Waals surface area contributed by atoms with Crippen LogP contribution >= 0.6 is 0 Å². The molecule has 26 heavy (non-hydrogen) atoms. The molecule has 0 radical (unpaired) electrons. The van der Waals surface area contributed by atoms with Gasteiger partial charge in [-0.2, -0.15) is 0 Å². The number of carbonyl (C=O) groups excluding carboxylic acids is 1. The molecule has 0 aliphatic carbocycles. The van der Waals surface area contributed by atoms with Gasteiger partial charge in [0.2, 0.25) is 0 Å². The topological polar surface area (TPSA) is 58.1 Å². The van der Waals surface area contributed by atoms with E-state index in [1.165, 1.54) is 12.8 Å². The second-order valence-electron chi connectivity index (χ2n) is 6.69. The largest absolute Gasteiger partial charge is 0.357 e. The van der Waals surface area contributed by atoms with Crippen molar-refractivity contribution < 1.29 is 4.79 Å². The Labute approximate surface area is 153 Å². The molecule has 1 saturated heterocycles. The number of hydrogen-bond donors (Lipinski definition) is 1. The normalized spacial score (nSPS) is 14.0. The molecule has 1 fully saturated rings. The zero-order chi connectivity index (χ0) is 17.9. The first-order valence-corrected chi connectivity index (χ1v) is 9.06. The summed E-state index contributed by atoms with van der Waals surface area (Å²) < 4.78 is 0. The van der Waals surface area contributed by atoms with Gasteiger partial charge in [-0.1, -0.05) is 36.4 Å². The number of nitrogens with zero attached hydrogens (tertiary/aromatic N) is 3. The molecular formula is C21H22N4O. The predicted octanol–water partition coefficient (Wildman–Crippen LogP) is 3.47. The van der Waals surface area contributed by atoms with Gasteiger partial charge >= 0.3 is 0 Å². The van der Waals surface area contributed by atoms with E-state index in [0.29, 0.717) is 17.9 Å². The number of aryl methyl sites for hydroxylation is 1. The molecule has 0 atom stereocenters. The van der Waals surface area contributed by atoms with E-state index in [0.717, 1.165) is 35.4 Å². The van der Waals surface area contributed by atoms with E-state index in [-0.39, 0.29) is 5.91 Å². The Morgan fingerprint density at radius 1 is 1.08 bits per heavy atom. The number of rotatable bonds is 4. The number of aromatic nitrogens is 2. The molecule has 0 unspecified atom stereocenters. The van der Waals surface area contributed by atoms with Crippen molar-refractivity contribution in [2.75, 3.05) is 18.0 Å². The first-order valence-electron chi connectivity index (χ1n) is 9.06. The molecule has 0 saturated carbocycles. The number of benzene rings is 2. The van der Waals surface area contributed by atoms with Crippen molar-refractivity contribution in [2.24, 2.45) is 0 Å². The number of anilines is 1. The van der Waals surface area contributed by atoms with Crippen LogP contribution in [0.1, 0.15) is 34.7 Å². The van der Waals surface area contributed by atoms with Crippen molar-refractivity contribution in [3.63, 3.8) is 0 Å². The van der Waals surface area contributed by atoms with Crippen LogP contribution in [0.3, 0.4) is 0 Å². The predicted molar refractivity (Wildman–Crippen MR) is 103 cm³/mol. The summed E-state index contributed by atoms with van der Waals surface area (Å²) in [5.74, 6) is 1.51. The minimum atomic E-state index is -0.102. The van der Waals surface area contributed by atoms with Crippen LogP contribution in [0.25, 0.3) is 10.8 Å². The van der Waals surface area contributed by atoms with Crippen LogP contribution in [-0.2, 0) is 6.54 Å². The minimum Gasteiger partial charge on any atom is -0.357 e. The first kappa shape index (κ1) is 16.5. The van der Waals surface area contributed by atoms with Gasteiger partial charge in [0.1, 0.15) is 11.6 Å². The van der Waals surface area contributed by atoms with Gasteiger partial charge < -0.3 is 10.2 Å². The molecule has 1 aliphatic heterocycles. The highest BCUT2D eigenvalue weighted by atomic mass is 16.1. The minimum absolute atomic E-state index is 0.102. The van der Waals surface area contributed by atoms with Gasteiger partial charge in [0, 0.05) is 30.4 Å². The molecule has 5 heteroatoms. The van der Waals surface area contributed by atoms with Crippen LogP contribution in [0.15, 0.2) is 48.5 Å². The van der Waals surface area contributed by atoms with E-state index in [2.05, 4.69) is 20.2 Å². The molecule has 1 amide bonds.